The Balaban J connectivity index is 3.07. The molecule has 0 aromatic heterocycles. The number of nitrogen functional groups attached to an aromatic ring is 1. The molecule has 0 heterocycles. The quantitative estimate of drug-likeness (QED) is 0.592. The van der Waals surface area contributed by atoms with Gasteiger partial charge < -0.3 is 10.5 Å². The van der Waals surface area contributed by atoms with Crippen molar-refractivity contribution in [3.8, 4) is 5.75 Å². The number of hydrogen-bond acceptors (Lipinski definition) is 2. The smallest absolute Gasteiger partial charge is 0.142 e. The lowest BCUT2D eigenvalue weighted by atomic mass is 10.2. The lowest BCUT2D eigenvalue weighted by Gasteiger charge is -2.02. The topological polar surface area (TPSA) is 35.2 Å². The summed E-state index contributed by atoms with van der Waals surface area (Å²) in [7, 11) is 1.59. The van der Waals surface area contributed by atoms with Gasteiger partial charge in [-0.3, -0.25) is 0 Å². The monoisotopic (exact) mass is 136 g/mol. The zero-order valence-corrected chi connectivity index (χ0v) is 6.14. The van der Waals surface area contributed by atoms with Crippen LogP contribution in [-0.4, -0.2) is 7.11 Å². The molecular formula is C8H10NO. The van der Waals surface area contributed by atoms with Gasteiger partial charge in [-0.05, 0) is 30.7 Å². The van der Waals surface area contributed by atoms with Crippen LogP contribution < -0.4 is 10.5 Å². The van der Waals surface area contributed by atoms with Gasteiger partial charge >= 0.3 is 0 Å². The van der Waals surface area contributed by atoms with Crippen LogP contribution in [0, 0.1) is 13.0 Å². The molecule has 1 rings (SSSR count). The van der Waals surface area contributed by atoms with Gasteiger partial charge in [-0.25, -0.2) is 0 Å². The van der Waals surface area contributed by atoms with Crippen LogP contribution in [0.25, 0.3) is 0 Å². The van der Waals surface area contributed by atoms with Gasteiger partial charge in [0, 0.05) is 0 Å². The molecule has 0 aliphatic carbocycles. The summed E-state index contributed by atoms with van der Waals surface area (Å²) < 4.78 is 4.94. The average Bonchev–Trinajstić information content (AvgIpc) is 1.88. The molecule has 0 saturated carbocycles. The van der Waals surface area contributed by atoms with Crippen LogP contribution in [0.5, 0.6) is 5.75 Å². The van der Waals surface area contributed by atoms with Gasteiger partial charge in [0.25, 0.3) is 0 Å². The summed E-state index contributed by atoms with van der Waals surface area (Å²) in [5.41, 5.74) is 7.28. The van der Waals surface area contributed by atoms with E-state index in [-0.39, 0.29) is 0 Å². The Morgan fingerprint density at radius 1 is 1.60 bits per heavy atom. The highest BCUT2D eigenvalue weighted by molar-refractivity contribution is 5.53. The molecule has 10 heavy (non-hydrogen) atoms. The molecule has 0 bridgehead atoms. The molecule has 0 saturated heterocycles. The van der Waals surface area contributed by atoms with E-state index in [1.54, 1.807) is 13.2 Å². The molecule has 0 aliphatic rings. The zero-order valence-electron chi connectivity index (χ0n) is 6.14. The lowest BCUT2D eigenvalue weighted by molar-refractivity contribution is 0.417. The molecule has 1 aromatic carbocycles. The highest BCUT2D eigenvalue weighted by Crippen LogP contribution is 2.20. The Labute approximate surface area is 60.6 Å². The summed E-state index contributed by atoms with van der Waals surface area (Å²) in [6, 6.07) is 6.56. The highest BCUT2D eigenvalue weighted by Gasteiger charge is 1.96. The summed E-state index contributed by atoms with van der Waals surface area (Å²) in [6.07, 6.45) is 0. The fourth-order valence-corrected chi connectivity index (χ4v) is 0.786. The van der Waals surface area contributed by atoms with Gasteiger partial charge in [0.05, 0.1) is 12.8 Å². The second-order valence-corrected chi connectivity index (χ2v) is 2.14. The van der Waals surface area contributed by atoms with E-state index in [0.717, 1.165) is 5.56 Å². The number of nitrogens with two attached hydrogens (primary N) is 1. The van der Waals surface area contributed by atoms with Crippen molar-refractivity contribution in [1.29, 1.82) is 0 Å². The summed E-state index contributed by atoms with van der Waals surface area (Å²) >= 11 is 0. The normalized spacial score (nSPS) is 9.40. The van der Waals surface area contributed by atoms with Crippen LogP contribution in [0.2, 0.25) is 0 Å². The standard InChI is InChI=1S/C8H10NO/c1-6-3-4-8(10-2)7(9)5-6/h4-5H,9H2,1-2H3. The lowest BCUT2D eigenvalue weighted by Crippen LogP contribution is -1.92. The van der Waals surface area contributed by atoms with E-state index in [0.29, 0.717) is 11.4 Å². The highest BCUT2D eigenvalue weighted by atomic mass is 16.5. The fraction of sp³-hybridized carbons (Fsp3) is 0.250. The molecule has 1 radical (unpaired) electrons. The van der Waals surface area contributed by atoms with E-state index in [4.69, 9.17) is 10.5 Å². The molecule has 2 N–H and O–H groups in total. The summed E-state index contributed by atoms with van der Waals surface area (Å²) in [5, 5.41) is 0. The molecule has 0 unspecified atom stereocenters. The fourth-order valence-electron chi connectivity index (χ4n) is 0.786. The van der Waals surface area contributed by atoms with Gasteiger partial charge in [0.15, 0.2) is 0 Å². The van der Waals surface area contributed by atoms with Crippen molar-refractivity contribution >= 4 is 5.69 Å². The van der Waals surface area contributed by atoms with Crippen LogP contribution in [0.1, 0.15) is 5.56 Å². The van der Waals surface area contributed by atoms with Crippen LogP contribution in [0.15, 0.2) is 12.1 Å². The molecule has 0 atom stereocenters. The van der Waals surface area contributed by atoms with Crippen molar-refractivity contribution in [1.82, 2.24) is 0 Å². The van der Waals surface area contributed by atoms with Crippen LogP contribution in [-0.2, 0) is 0 Å². The molecule has 0 fully saturated rings. The van der Waals surface area contributed by atoms with Crippen molar-refractivity contribution < 1.29 is 4.74 Å². The van der Waals surface area contributed by atoms with E-state index in [2.05, 4.69) is 6.07 Å². The minimum atomic E-state index is 0.666. The SMILES string of the molecule is COc1c[c]c(C)cc1N. The number of ether oxygens (including phenoxy) is 1. The third kappa shape index (κ3) is 1.21. The minimum Gasteiger partial charge on any atom is -0.495 e. The van der Waals surface area contributed by atoms with E-state index in [1.165, 1.54) is 0 Å². The number of aryl methyl sites for hydroxylation is 1. The maximum Gasteiger partial charge on any atom is 0.142 e. The van der Waals surface area contributed by atoms with Crippen molar-refractivity contribution in [3.63, 3.8) is 0 Å². The molecule has 0 spiro atoms. The first-order valence-electron chi connectivity index (χ1n) is 3.06. The Hall–Kier alpha value is -1.18. The summed E-state index contributed by atoms with van der Waals surface area (Å²) in [4.78, 5) is 0. The molecule has 1 aromatic rings. The van der Waals surface area contributed by atoms with E-state index in [1.807, 2.05) is 13.0 Å². The first kappa shape index (κ1) is 6.93. The molecule has 0 aliphatic heterocycles. The number of anilines is 1. The predicted octanol–water partition coefficient (Wildman–Crippen LogP) is 1.39. The summed E-state index contributed by atoms with van der Waals surface area (Å²) in [6.45, 7) is 1.94. The van der Waals surface area contributed by atoms with Crippen molar-refractivity contribution in [2.45, 2.75) is 6.92 Å². The maximum absolute atomic E-state index is 5.59. The molecule has 53 valence electrons. The number of hydrogen-bond donors (Lipinski definition) is 1. The van der Waals surface area contributed by atoms with Crippen LogP contribution in [0.4, 0.5) is 5.69 Å². The maximum atomic E-state index is 5.59. The van der Waals surface area contributed by atoms with Gasteiger partial charge in [0.1, 0.15) is 5.75 Å². The van der Waals surface area contributed by atoms with Crippen LogP contribution in [0.3, 0.4) is 0 Å². The predicted molar refractivity (Wildman–Crippen MR) is 41.0 cm³/mol. The number of rotatable bonds is 1. The van der Waals surface area contributed by atoms with Crippen molar-refractivity contribution in [2.75, 3.05) is 12.8 Å². The molecular weight excluding hydrogens is 126 g/mol. The number of benzene rings is 1. The van der Waals surface area contributed by atoms with Gasteiger partial charge in [-0.15, -0.1) is 0 Å². The Bertz CT molecular complexity index is 233. The molecule has 2 nitrogen and oxygen atoms in total. The van der Waals surface area contributed by atoms with Gasteiger partial charge in [-0.1, -0.05) is 0 Å². The Morgan fingerprint density at radius 3 is 2.80 bits per heavy atom. The average molecular weight is 136 g/mol. The van der Waals surface area contributed by atoms with E-state index < -0.39 is 0 Å². The summed E-state index contributed by atoms with van der Waals surface area (Å²) in [5.74, 6) is 0.686. The largest absolute Gasteiger partial charge is 0.495 e. The zero-order chi connectivity index (χ0) is 7.56. The van der Waals surface area contributed by atoms with E-state index in [9.17, 15) is 0 Å². The van der Waals surface area contributed by atoms with Crippen LogP contribution >= 0.6 is 0 Å². The van der Waals surface area contributed by atoms with Crippen molar-refractivity contribution in [3.05, 3.63) is 23.8 Å². The van der Waals surface area contributed by atoms with Gasteiger partial charge in [-0.2, -0.15) is 0 Å². The number of methoxy groups -OCH3 is 1. The first-order valence-corrected chi connectivity index (χ1v) is 3.06. The van der Waals surface area contributed by atoms with Crippen molar-refractivity contribution in [2.24, 2.45) is 0 Å². The Morgan fingerprint density at radius 2 is 2.30 bits per heavy atom. The third-order valence-corrected chi connectivity index (χ3v) is 1.31. The first-order chi connectivity index (χ1) is 4.74. The second kappa shape index (κ2) is 2.60. The van der Waals surface area contributed by atoms with E-state index >= 15 is 0 Å². The molecule has 0 amide bonds. The van der Waals surface area contributed by atoms with Gasteiger partial charge in [0.2, 0.25) is 0 Å². The second-order valence-electron chi connectivity index (χ2n) is 2.14. The molecule has 2 heteroatoms. The third-order valence-electron chi connectivity index (χ3n) is 1.31. The Kier molecular flexibility index (Phi) is 1.81. The minimum absolute atomic E-state index is 0.666.